The number of hydrogen-bond donors (Lipinski definition) is 1. The molecule has 25 heavy (non-hydrogen) atoms. The molecule has 3 rings (SSSR count). The molecular weight excluding hydrogens is 338 g/mol. The van der Waals surface area contributed by atoms with Gasteiger partial charge in [0.2, 0.25) is 0 Å². The summed E-state index contributed by atoms with van der Waals surface area (Å²) >= 11 is 1.63. The number of carbonyl (C=O) groups is 1. The highest BCUT2D eigenvalue weighted by Crippen LogP contribution is 2.44. The van der Waals surface area contributed by atoms with Crippen molar-refractivity contribution in [1.82, 2.24) is 4.90 Å². The van der Waals surface area contributed by atoms with Crippen LogP contribution < -0.4 is 9.47 Å². The van der Waals surface area contributed by atoms with Gasteiger partial charge in [0.1, 0.15) is 17.5 Å². The molecule has 1 aromatic carbocycles. The smallest absolute Gasteiger partial charge is 0.320 e. The first-order chi connectivity index (χ1) is 12.2. The molecule has 1 N–H and O–H groups in total. The van der Waals surface area contributed by atoms with Gasteiger partial charge < -0.3 is 14.6 Å². The van der Waals surface area contributed by atoms with Crippen LogP contribution in [0, 0.1) is 0 Å². The average molecular weight is 361 g/mol. The molecule has 0 bridgehead atoms. The van der Waals surface area contributed by atoms with Crippen LogP contribution in [0.2, 0.25) is 0 Å². The molecule has 1 aromatic heterocycles. The topological polar surface area (TPSA) is 59.0 Å². The van der Waals surface area contributed by atoms with Gasteiger partial charge >= 0.3 is 5.97 Å². The molecule has 2 heterocycles. The van der Waals surface area contributed by atoms with Crippen LogP contribution in [0.4, 0.5) is 0 Å². The van der Waals surface area contributed by atoms with E-state index >= 15 is 0 Å². The fourth-order valence-corrected chi connectivity index (χ4v) is 4.45. The first kappa shape index (κ1) is 17.8. The Morgan fingerprint density at radius 3 is 2.48 bits per heavy atom. The highest BCUT2D eigenvalue weighted by molar-refractivity contribution is 7.10. The largest absolute Gasteiger partial charge is 0.496 e. The molecule has 0 saturated carbocycles. The molecule has 0 spiro atoms. The second-order valence-electron chi connectivity index (χ2n) is 6.08. The molecule has 1 aliphatic heterocycles. The van der Waals surface area contributed by atoms with Gasteiger partial charge in [-0.3, -0.25) is 9.69 Å². The molecule has 1 fully saturated rings. The molecule has 134 valence electrons. The minimum Gasteiger partial charge on any atom is -0.496 e. The number of likely N-dealkylation sites (tertiary alicyclic amines) is 1. The number of aliphatic carboxylic acids is 1. The summed E-state index contributed by atoms with van der Waals surface area (Å²) in [5, 5.41) is 11.8. The van der Waals surface area contributed by atoms with Crippen molar-refractivity contribution in [2.24, 2.45) is 0 Å². The molecule has 1 aliphatic rings. The zero-order chi connectivity index (χ0) is 17.8. The Morgan fingerprint density at radius 1 is 1.20 bits per heavy atom. The monoisotopic (exact) mass is 361 g/mol. The molecule has 0 radical (unpaired) electrons. The lowest BCUT2D eigenvalue weighted by Crippen LogP contribution is -2.46. The maximum Gasteiger partial charge on any atom is 0.320 e. The minimum atomic E-state index is -0.768. The maximum absolute atomic E-state index is 11.9. The number of methoxy groups -OCH3 is 2. The Bertz CT molecular complexity index is 694. The fraction of sp³-hybridized carbons (Fsp3) is 0.421. The number of thiophene rings is 1. The average Bonchev–Trinajstić information content (AvgIpc) is 3.16. The Hall–Kier alpha value is -2.05. The van der Waals surface area contributed by atoms with E-state index in [1.54, 1.807) is 25.6 Å². The number of carboxylic acids is 1. The van der Waals surface area contributed by atoms with Crippen molar-refractivity contribution in [3.63, 3.8) is 0 Å². The van der Waals surface area contributed by atoms with E-state index in [-0.39, 0.29) is 6.04 Å². The lowest BCUT2D eigenvalue weighted by Gasteiger charge is -2.39. The van der Waals surface area contributed by atoms with Crippen LogP contribution in [0.1, 0.15) is 35.7 Å². The summed E-state index contributed by atoms with van der Waals surface area (Å²) in [7, 11) is 3.27. The van der Waals surface area contributed by atoms with Crippen molar-refractivity contribution < 1.29 is 19.4 Å². The van der Waals surface area contributed by atoms with Gasteiger partial charge in [-0.05, 0) is 43.0 Å². The van der Waals surface area contributed by atoms with Crippen LogP contribution in [0.25, 0.3) is 0 Å². The zero-order valence-electron chi connectivity index (χ0n) is 14.5. The Morgan fingerprint density at radius 2 is 1.92 bits per heavy atom. The summed E-state index contributed by atoms with van der Waals surface area (Å²) in [4.78, 5) is 15.1. The maximum atomic E-state index is 11.9. The fourth-order valence-electron chi connectivity index (χ4n) is 3.60. The number of piperidine rings is 1. The molecule has 2 atom stereocenters. The van der Waals surface area contributed by atoms with Gasteiger partial charge in [0.15, 0.2) is 0 Å². The van der Waals surface area contributed by atoms with E-state index < -0.39 is 12.0 Å². The van der Waals surface area contributed by atoms with E-state index in [4.69, 9.17) is 9.47 Å². The molecule has 0 aliphatic carbocycles. The number of benzene rings is 1. The summed E-state index contributed by atoms with van der Waals surface area (Å²) in [5.41, 5.74) is 0.892. The summed E-state index contributed by atoms with van der Waals surface area (Å²) in [6, 6.07) is 9.03. The van der Waals surface area contributed by atoms with Crippen molar-refractivity contribution in [2.75, 3.05) is 20.8 Å². The van der Waals surface area contributed by atoms with Gasteiger partial charge in [-0.25, -0.2) is 0 Å². The molecule has 5 nitrogen and oxygen atoms in total. The van der Waals surface area contributed by atoms with Crippen LogP contribution in [0.5, 0.6) is 11.5 Å². The molecule has 2 unspecified atom stereocenters. The van der Waals surface area contributed by atoms with Crippen LogP contribution in [-0.2, 0) is 4.79 Å². The normalized spacial score (nSPS) is 19.4. The van der Waals surface area contributed by atoms with Gasteiger partial charge in [-0.1, -0.05) is 18.6 Å². The zero-order valence-corrected chi connectivity index (χ0v) is 15.3. The van der Waals surface area contributed by atoms with Crippen LogP contribution in [0.3, 0.4) is 0 Å². The molecule has 6 heteroatoms. The third-order valence-electron chi connectivity index (χ3n) is 4.71. The third kappa shape index (κ3) is 3.50. The van der Waals surface area contributed by atoms with Crippen LogP contribution >= 0.6 is 11.3 Å². The van der Waals surface area contributed by atoms with Gasteiger partial charge in [-0.15, -0.1) is 11.3 Å². The van der Waals surface area contributed by atoms with Crippen molar-refractivity contribution >= 4 is 17.3 Å². The van der Waals surface area contributed by atoms with Crippen molar-refractivity contribution in [2.45, 2.75) is 31.3 Å². The predicted molar refractivity (Wildman–Crippen MR) is 97.7 cm³/mol. The van der Waals surface area contributed by atoms with E-state index in [1.807, 2.05) is 29.6 Å². The van der Waals surface area contributed by atoms with Gasteiger partial charge in [-0.2, -0.15) is 0 Å². The predicted octanol–water partition coefficient (Wildman–Crippen LogP) is 3.79. The lowest BCUT2D eigenvalue weighted by molar-refractivity contribution is -0.145. The molecule has 0 amide bonds. The van der Waals surface area contributed by atoms with E-state index in [2.05, 4.69) is 11.0 Å². The summed E-state index contributed by atoms with van der Waals surface area (Å²) in [6.45, 7) is 0.737. The number of carboxylic acid groups (broad SMARTS) is 1. The standard InChI is InChI=1S/C19H23NO4S/c1-23-14-8-5-9-15(24-2)17(14)18(16-10-6-12-25-16)20-11-4-3-7-13(20)19(21)22/h5-6,8-10,12-13,18H,3-4,7,11H2,1-2H3,(H,21,22). The number of ether oxygens (including phenoxy) is 2. The highest BCUT2D eigenvalue weighted by atomic mass is 32.1. The van der Waals surface area contributed by atoms with Crippen molar-refractivity contribution in [3.8, 4) is 11.5 Å². The van der Waals surface area contributed by atoms with Gasteiger partial charge in [0.25, 0.3) is 0 Å². The second-order valence-corrected chi connectivity index (χ2v) is 7.06. The first-order valence-corrected chi connectivity index (χ1v) is 9.28. The van der Waals surface area contributed by atoms with Crippen LogP contribution in [-0.4, -0.2) is 42.8 Å². The number of nitrogens with zero attached hydrogens (tertiary/aromatic N) is 1. The summed E-state index contributed by atoms with van der Waals surface area (Å²) < 4.78 is 11.2. The Kier molecular flexibility index (Phi) is 5.60. The van der Waals surface area contributed by atoms with Crippen LogP contribution in [0.15, 0.2) is 35.7 Å². The summed E-state index contributed by atoms with van der Waals surface area (Å²) in [6.07, 6.45) is 2.59. The number of hydrogen-bond acceptors (Lipinski definition) is 5. The van der Waals surface area contributed by atoms with Crippen molar-refractivity contribution in [3.05, 3.63) is 46.2 Å². The Balaban J connectivity index is 2.16. The van der Waals surface area contributed by atoms with Gasteiger partial charge in [0, 0.05) is 4.88 Å². The third-order valence-corrected chi connectivity index (χ3v) is 5.64. The van der Waals surface area contributed by atoms with E-state index in [0.717, 1.165) is 29.8 Å². The molecule has 1 saturated heterocycles. The van der Waals surface area contributed by atoms with E-state index in [9.17, 15) is 9.90 Å². The molecular formula is C19H23NO4S. The lowest BCUT2D eigenvalue weighted by atomic mass is 9.94. The Labute approximate surface area is 151 Å². The second kappa shape index (κ2) is 7.89. The van der Waals surface area contributed by atoms with Crippen molar-refractivity contribution in [1.29, 1.82) is 0 Å². The van der Waals surface area contributed by atoms with Gasteiger partial charge in [0.05, 0.1) is 25.8 Å². The van der Waals surface area contributed by atoms with E-state index in [0.29, 0.717) is 17.9 Å². The highest BCUT2D eigenvalue weighted by Gasteiger charge is 2.38. The minimum absolute atomic E-state index is 0.201. The quantitative estimate of drug-likeness (QED) is 0.848. The number of rotatable bonds is 6. The first-order valence-electron chi connectivity index (χ1n) is 8.40. The van der Waals surface area contributed by atoms with E-state index in [1.165, 1.54) is 0 Å². The molecule has 2 aromatic rings. The summed E-state index contributed by atoms with van der Waals surface area (Å²) in [5.74, 6) is 0.662. The SMILES string of the molecule is COc1cccc(OC)c1C(c1cccs1)N1CCCCC1C(=O)O.